The third-order valence-electron chi connectivity index (χ3n) is 5.51. The first kappa shape index (κ1) is 22.3. The molecular formula is C22H29N3O4S. The maximum atomic E-state index is 13.0. The van der Waals surface area contributed by atoms with Gasteiger partial charge in [-0.1, -0.05) is 17.7 Å². The molecule has 0 spiro atoms. The van der Waals surface area contributed by atoms with Gasteiger partial charge in [-0.2, -0.15) is 4.31 Å². The van der Waals surface area contributed by atoms with Crippen molar-refractivity contribution in [3.63, 3.8) is 0 Å². The van der Waals surface area contributed by atoms with Gasteiger partial charge in [0.15, 0.2) is 0 Å². The number of nitrogens with one attached hydrogen (secondary N) is 1. The van der Waals surface area contributed by atoms with Gasteiger partial charge in [-0.3, -0.25) is 9.69 Å². The quantitative estimate of drug-likeness (QED) is 0.761. The topological polar surface area (TPSA) is 79.0 Å². The van der Waals surface area contributed by atoms with Crippen LogP contribution in [0, 0.1) is 13.8 Å². The molecule has 1 amide bonds. The first-order valence-corrected chi connectivity index (χ1v) is 11.4. The molecule has 2 aromatic carbocycles. The smallest absolute Gasteiger partial charge is 0.243 e. The Morgan fingerprint density at radius 1 is 1.03 bits per heavy atom. The Bertz CT molecular complexity index is 998. The molecule has 0 aliphatic carbocycles. The highest BCUT2D eigenvalue weighted by Crippen LogP contribution is 2.23. The van der Waals surface area contributed by atoms with Gasteiger partial charge in [0.05, 0.1) is 18.0 Å². The van der Waals surface area contributed by atoms with Crippen LogP contribution in [0.2, 0.25) is 0 Å². The number of amides is 1. The van der Waals surface area contributed by atoms with Gasteiger partial charge in [0.1, 0.15) is 5.75 Å². The van der Waals surface area contributed by atoms with Crippen LogP contribution >= 0.6 is 0 Å². The van der Waals surface area contributed by atoms with Crippen molar-refractivity contribution >= 4 is 21.6 Å². The van der Waals surface area contributed by atoms with Gasteiger partial charge in [-0.25, -0.2) is 8.42 Å². The van der Waals surface area contributed by atoms with Crippen LogP contribution in [-0.4, -0.2) is 62.9 Å². The van der Waals surface area contributed by atoms with Crippen molar-refractivity contribution in [1.82, 2.24) is 9.21 Å². The summed E-state index contributed by atoms with van der Waals surface area (Å²) in [5, 5.41) is 2.90. The normalized spacial score (nSPS) is 16.8. The number of ether oxygens (including phenoxy) is 1. The SMILES string of the molecule is COc1ccc(NC(=O)C(C)N2CCN(S(=O)(=O)c3ccc(C)cc3C)CC2)cc1. The minimum Gasteiger partial charge on any atom is -0.497 e. The zero-order chi connectivity index (χ0) is 21.9. The first-order chi connectivity index (χ1) is 14.2. The van der Waals surface area contributed by atoms with Crippen LogP contribution in [0.1, 0.15) is 18.1 Å². The molecule has 1 aliphatic rings. The lowest BCUT2D eigenvalue weighted by molar-refractivity contribution is -0.121. The molecular weight excluding hydrogens is 402 g/mol. The van der Waals surface area contributed by atoms with E-state index in [1.807, 2.05) is 37.8 Å². The molecule has 1 saturated heterocycles. The summed E-state index contributed by atoms with van der Waals surface area (Å²) in [5.74, 6) is 0.605. The largest absolute Gasteiger partial charge is 0.497 e. The molecule has 30 heavy (non-hydrogen) atoms. The van der Waals surface area contributed by atoms with Gasteiger partial charge >= 0.3 is 0 Å². The van der Waals surface area contributed by atoms with Crippen molar-refractivity contribution < 1.29 is 17.9 Å². The van der Waals surface area contributed by atoms with Crippen molar-refractivity contribution in [3.05, 3.63) is 53.6 Å². The summed E-state index contributed by atoms with van der Waals surface area (Å²) >= 11 is 0. The van der Waals surface area contributed by atoms with E-state index >= 15 is 0 Å². The fourth-order valence-corrected chi connectivity index (χ4v) is 5.27. The Morgan fingerprint density at radius 2 is 1.67 bits per heavy atom. The molecule has 7 nitrogen and oxygen atoms in total. The lowest BCUT2D eigenvalue weighted by atomic mass is 10.2. The van der Waals surface area contributed by atoms with E-state index in [-0.39, 0.29) is 11.9 Å². The zero-order valence-corrected chi connectivity index (χ0v) is 18.7. The van der Waals surface area contributed by atoms with Gasteiger partial charge < -0.3 is 10.1 Å². The van der Waals surface area contributed by atoms with Crippen molar-refractivity contribution in [1.29, 1.82) is 0 Å². The summed E-state index contributed by atoms with van der Waals surface area (Å²) in [6.07, 6.45) is 0. The molecule has 3 rings (SSSR count). The fourth-order valence-electron chi connectivity index (χ4n) is 3.65. The Balaban J connectivity index is 1.60. The van der Waals surface area contributed by atoms with Gasteiger partial charge in [0.25, 0.3) is 0 Å². The van der Waals surface area contributed by atoms with Crippen LogP contribution < -0.4 is 10.1 Å². The minimum absolute atomic E-state index is 0.120. The van der Waals surface area contributed by atoms with Gasteiger partial charge in [0.2, 0.25) is 15.9 Å². The second-order valence-corrected chi connectivity index (χ2v) is 9.51. The molecule has 1 heterocycles. The van der Waals surface area contributed by atoms with Crippen LogP contribution in [0.4, 0.5) is 5.69 Å². The number of aryl methyl sites for hydroxylation is 2. The molecule has 1 unspecified atom stereocenters. The molecule has 0 saturated carbocycles. The van der Waals surface area contributed by atoms with E-state index < -0.39 is 10.0 Å². The fraction of sp³-hybridized carbons (Fsp3) is 0.409. The van der Waals surface area contributed by atoms with E-state index in [0.29, 0.717) is 36.8 Å². The summed E-state index contributed by atoms with van der Waals surface area (Å²) in [7, 11) is -1.95. The van der Waals surface area contributed by atoms with Gasteiger partial charge in [-0.05, 0) is 56.7 Å². The van der Waals surface area contributed by atoms with Crippen LogP contribution in [0.5, 0.6) is 5.75 Å². The molecule has 0 aromatic heterocycles. The molecule has 1 fully saturated rings. The monoisotopic (exact) mass is 431 g/mol. The maximum Gasteiger partial charge on any atom is 0.243 e. The second-order valence-electron chi connectivity index (χ2n) is 7.60. The Kier molecular flexibility index (Phi) is 6.80. The summed E-state index contributed by atoms with van der Waals surface area (Å²) < 4.78 is 32.7. The molecule has 162 valence electrons. The van der Waals surface area contributed by atoms with Crippen LogP contribution in [0.3, 0.4) is 0 Å². The summed E-state index contributed by atoms with van der Waals surface area (Å²) in [4.78, 5) is 15.0. The van der Waals surface area contributed by atoms with E-state index in [2.05, 4.69) is 5.32 Å². The molecule has 2 aromatic rings. The summed E-state index contributed by atoms with van der Waals surface area (Å²) in [6.45, 7) is 7.32. The maximum absolute atomic E-state index is 13.0. The van der Waals surface area contributed by atoms with Crippen LogP contribution in [-0.2, 0) is 14.8 Å². The Hall–Kier alpha value is -2.42. The highest BCUT2D eigenvalue weighted by molar-refractivity contribution is 7.89. The third kappa shape index (κ3) is 4.83. The second kappa shape index (κ2) is 9.16. The van der Waals surface area contributed by atoms with E-state index in [1.54, 1.807) is 37.4 Å². The number of benzene rings is 2. The number of nitrogens with zero attached hydrogens (tertiary/aromatic N) is 2. The number of piperazine rings is 1. The number of carbonyl (C=O) groups excluding carboxylic acids is 1. The molecule has 1 aliphatic heterocycles. The number of sulfonamides is 1. The number of anilines is 1. The van der Waals surface area contributed by atoms with Crippen molar-refractivity contribution in [2.24, 2.45) is 0 Å². The molecule has 0 bridgehead atoms. The standard InChI is InChI=1S/C22H29N3O4S/c1-16-5-10-21(17(2)15-16)30(27,28)25-13-11-24(12-14-25)18(3)22(26)23-19-6-8-20(29-4)9-7-19/h5-10,15,18H,11-14H2,1-4H3,(H,23,26). The predicted molar refractivity (Wildman–Crippen MR) is 117 cm³/mol. The van der Waals surface area contributed by atoms with E-state index in [1.165, 1.54) is 4.31 Å². The van der Waals surface area contributed by atoms with Crippen molar-refractivity contribution in [2.45, 2.75) is 31.7 Å². The lowest BCUT2D eigenvalue weighted by Gasteiger charge is -2.36. The first-order valence-electron chi connectivity index (χ1n) is 9.99. The number of hydrogen-bond acceptors (Lipinski definition) is 5. The lowest BCUT2D eigenvalue weighted by Crippen LogP contribution is -2.54. The highest BCUT2D eigenvalue weighted by atomic mass is 32.2. The summed E-state index contributed by atoms with van der Waals surface area (Å²) in [5.41, 5.74) is 2.49. The molecule has 1 atom stereocenters. The van der Waals surface area contributed by atoms with Gasteiger partial charge in [-0.15, -0.1) is 0 Å². The van der Waals surface area contributed by atoms with E-state index in [4.69, 9.17) is 4.74 Å². The predicted octanol–water partition coefficient (Wildman–Crippen LogP) is 2.65. The highest BCUT2D eigenvalue weighted by Gasteiger charge is 2.32. The van der Waals surface area contributed by atoms with E-state index in [9.17, 15) is 13.2 Å². The number of methoxy groups -OCH3 is 1. The van der Waals surface area contributed by atoms with Crippen LogP contribution in [0.25, 0.3) is 0 Å². The minimum atomic E-state index is -3.54. The number of hydrogen-bond donors (Lipinski definition) is 1. The van der Waals surface area contributed by atoms with Gasteiger partial charge in [0, 0.05) is 31.9 Å². The number of rotatable bonds is 6. The Labute approximate surface area is 178 Å². The average molecular weight is 432 g/mol. The van der Waals surface area contributed by atoms with Crippen molar-refractivity contribution in [3.8, 4) is 5.75 Å². The zero-order valence-electron chi connectivity index (χ0n) is 17.9. The third-order valence-corrected chi connectivity index (χ3v) is 7.57. The van der Waals surface area contributed by atoms with Crippen molar-refractivity contribution in [2.75, 3.05) is 38.6 Å². The molecule has 0 radical (unpaired) electrons. The Morgan fingerprint density at radius 3 is 2.23 bits per heavy atom. The average Bonchev–Trinajstić information content (AvgIpc) is 2.73. The van der Waals surface area contributed by atoms with Crippen LogP contribution in [0.15, 0.2) is 47.4 Å². The molecule has 1 N–H and O–H groups in total. The summed E-state index contributed by atoms with van der Waals surface area (Å²) in [6, 6.07) is 12.2. The van der Waals surface area contributed by atoms with E-state index in [0.717, 1.165) is 16.9 Å². The molecule has 8 heteroatoms. The number of carbonyl (C=O) groups is 1.